The Morgan fingerprint density at radius 3 is 2.87 bits per heavy atom. The van der Waals surface area contributed by atoms with E-state index in [2.05, 4.69) is 20.8 Å². The monoisotopic (exact) mass is 430 g/mol. The number of nitrogens with one attached hydrogen (secondary N) is 2. The predicted octanol–water partition coefficient (Wildman–Crippen LogP) is 1.93. The van der Waals surface area contributed by atoms with Crippen molar-refractivity contribution in [2.75, 3.05) is 20.4 Å². The number of ether oxygens (including phenoxy) is 2. The van der Waals surface area contributed by atoms with E-state index in [1.54, 1.807) is 13.3 Å². The standard InChI is InChI=1S/C15H18N4O3.HI/c1-16-15(18-9-12-5-7-22-19-12)17-6-4-11-2-3-13-14(8-11)21-10-20-13;/h2-3,5,7-8H,4,6,9-10H2,1H3,(H2,16,17,18);1H. The van der Waals surface area contributed by atoms with Crippen LogP contribution in [0.15, 0.2) is 40.0 Å². The quantitative estimate of drug-likeness (QED) is 0.429. The van der Waals surface area contributed by atoms with E-state index in [0.717, 1.165) is 36.1 Å². The lowest BCUT2D eigenvalue weighted by Crippen LogP contribution is -2.37. The molecule has 0 unspecified atom stereocenters. The Balaban J connectivity index is 0.00000192. The van der Waals surface area contributed by atoms with E-state index in [1.807, 2.05) is 24.3 Å². The molecule has 0 atom stereocenters. The van der Waals surface area contributed by atoms with Crippen LogP contribution in [0.3, 0.4) is 0 Å². The normalized spacial score (nSPS) is 12.7. The summed E-state index contributed by atoms with van der Waals surface area (Å²) in [6.45, 7) is 1.63. The molecule has 23 heavy (non-hydrogen) atoms. The van der Waals surface area contributed by atoms with Gasteiger partial charge in [0.25, 0.3) is 0 Å². The minimum atomic E-state index is 0. The van der Waals surface area contributed by atoms with Crippen LogP contribution in [-0.4, -0.2) is 31.5 Å². The lowest BCUT2D eigenvalue weighted by atomic mass is 10.1. The van der Waals surface area contributed by atoms with Gasteiger partial charge in [-0.05, 0) is 24.1 Å². The number of aliphatic imine (C=N–C) groups is 1. The summed E-state index contributed by atoms with van der Waals surface area (Å²) in [4.78, 5) is 4.17. The van der Waals surface area contributed by atoms with Crippen LogP contribution in [0.25, 0.3) is 0 Å². The third-order valence-electron chi connectivity index (χ3n) is 3.29. The zero-order valence-electron chi connectivity index (χ0n) is 12.7. The molecule has 7 nitrogen and oxygen atoms in total. The maximum atomic E-state index is 5.37. The zero-order chi connectivity index (χ0) is 15.2. The molecule has 2 aromatic rings. The highest BCUT2D eigenvalue weighted by molar-refractivity contribution is 14.0. The number of benzene rings is 1. The maximum Gasteiger partial charge on any atom is 0.231 e. The van der Waals surface area contributed by atoms with Crippen LogP contribution < -0.4 is 20.1 Å². The molecule has 1 aromatic carbocycles. The lowest BCUT2D eigenvalue weighted by molar-refractivity contribution is 0.174. The van der Waals surface area contributed by atoms with Crippen LogP contribution in [-0.2, 0) is 13.0 Å². The van der Waals surface area contributed by atoms with Crippen molar-refractivity contribution in [3.63, 3.8) is 0 Å². The number of nitrogens with zero attached hydrogens (tertiary/aromatic N) is 2. The second-order valence-electron chi connectivity index (χ2n) is 4.78. The number of guanidine groups is 1. The van der Waals surface area contributed by atoms with Gasteiger partial charge in [-0.3, -0.25) is 4.99 Å². The first-order chi connectivity index (χ1) is 10.8. The van der Waals surface area contributed by atoms with Crippen LogP contribution in [0.4, 0.5) is 0 Å². The van der Waals surface area contributed by atoms with Gasteiger partial charge in [0.1, 0.15) is 12.0 Å². The van der Waals surface area contributed by atoms with Gasteiger partial charge in [-0.2, -0.15) is 0 Å². The molecular formula is C15H19IN4O3. The van der Waals surface area contributed by atoms with Gasteiger partial charge in [0.05, 0.1) is 6.54 Å². The number of hydrogen-bond acceptors (Lipinski definition) is 5. The molecule has 3 rings (SSSR count). The van der Waals surface area contributed by atoms with Crippen LogP contribution in [0.2, 0.25) is 0 Å². The Bertz CT molecular complexity index is 646. The fourth-order valence-electron chi connectivity index (χ4n) is 2.15. The lowest BCUT2D eigenvalue weighted by Gasteiger charge is -2.11. The third kappa shape index (κ3) is 4.75. The summed E-state index contributed by atoms with van der Waals surface area (Å²) in [6.07, 6.45) is 2.41. The maximum absolute atomic E-state index is 5.37. The molecule has 2 N–H and O–H groups in total. The van der Waals surface area contributed by atoms with E-state index >= 15 is 0 Å². The second kappa shape index (κ2) is 8.61. The first kappa shape index (κ1) is 17.4. The average Bonchev–Trinajstić information content (AvgIpc) is 3.21. The summed E-state index contributed by atoms with van der Waals surface area (Å²) in [6, 6.07) is 7.80. The molecule has 0 radical (unpaired) electrons. The van der Waals surface area contributed by atoms with E-state index in [0.29, 0.717) is 13.3 Å². The largest absolute Gasteiger partial charge is 0.454 e. The molecule has 1 aliphatic rings. The van der Waals surface area contributed by atoms with E-state index in [9.17, 15) is 0 Å². The molecule has 0 bridgehead atoms. The van der Waals surface area contributed by atoms with Gasteiger partial charge in [-0.1, -0.05) is 11.2 Å². The van der Waals surface area contributed by atoms with Crippen molar-refractivity contribution in [3.05, 3.63) is 41.8 Å². The molecule has 1 aromatic heterocycles. The minimum absolute atomic E-state index is 0. The smallest absolute Gasteiger partial charge is 0.231 e. The van der Waals surface area contributed by atoms with E-state index in [-0.39, 0.29) is 24.0 Å². The van der Waals surface area contributed by atoms with Crippen molar-refractivity contribution in [3.8, 4) is 11.5 Å². The topological polar surface area (TPSA) is 80.9 Å². The van der Waals surface area contributed by atoms with Gasteiger partial charge >= 0.3 is 0 Å². The third-order valence-corrected chi connectivity index (χ3v) is 3.29. The number of hydrogen-bond donors (Lipinski definition) is 2. The van der Waals surface area contributed by atoms with Crippen molar-refractivity contribution in [2.24, 2.45) is 4.99 Å². The minimum Gasteiger partial charge on any atom is -0.454 e. The molecule has 2 heterocycles. The van der Waals surface area contributed by atoms with Gasteiger partial charge in [0, 0.05) is 19.7 Å². The van der Waals surface area contributed by atoms with Gasteiger partial charge in [-0.15, -0.1) is 24.0 Å². The molecule has 0 saturated heterocycles. The van der Waals surface area contributed by atoms with Crippen molar-refractivity contribution in [1.82, 2.24) is 15.8 Å². The SMILES string of the molecule is CN=C(NCCc1ccc2c(c1)OCO2)NCc1ccon1.I. The second-order valence-corrected chi connectivity index (χ2v) is 4.78. The van der Waals surface area contributed by atoms with Crippen LogP contribution >= 0.6 is 24.0 Å². The Kier molecular flexibility index (Phi) is 6.51. The Morgan fingerprint density at radius 2 is 2.09 bits per heavy atom. The van der Waals surface area contributed by atoms with Gasteiger partial charge in [0.2, 0.25) is 6.79 Å². The Morgan fingerprint density at radius 1 is 1.22 bits per heavy atom. The van der Waals surface area contributed by atoms with Gasteiger partial charge in [0.15, 0.2) is 17.5 Å². The van der Waals surface area contributed by atoms with E-state index < -0.39 is 0 Å². The fourth-order valence-corrected chi connectivity index (χ4v) is 2.15. The summed E-state index contributed by atoms with van der Waals surface area (Å²) >= 11 is 0. The highest BCUT2D eigenvalue weighted by Crippen LogP contribution is 2.32. The van der Waals surface area contributed by atoms with E-state index in [4.69, 9.17) is 14.0 Å². The average molecular weight is 430 g/mol. The first-order valence-corrected chi connectivity index (χ1v) is 7.07. The zero-order valence-corrected chi connectivity index (χ0v) is 15.1. The number of halogens is 1. The molecule has 124 valence electrons. The Hall–Kier alpha value is -1.97. The fraction of sp³-hybridized carbons (Fsp3) is 0.333. The van der Waals surface area contributed by atoms with Crippen LogP contribution in [0.5, 0.6) is 11.5 Å². The summed E-state index contributed by atoms with van der Waals surface area (Å²) in [5.41, 5.74) is 2.02. The highest BCUT2D eigenvalue weighted by Gasteiger charge is 2.12. The summed E-state index contributed by atoms with van der Waals surface area (Å²) in [5.74, 6) is 2.34. The molecule has 0 fully saturated rings. The van der Waals surface area contributed by atoms with Crippen molar-refractivity contribution in [2.45, 2.75) is 13.0 Å². The molecule has 0 spiro atoms. The molecule has 8 heteroatoms. The number of fused-ring (bicyclic) bond motifs is 1. The van der Waals surface area contributed by atoms with Gasteiger partial charge < -0.3 is 24.6 Å². The highest BCUT2D eigenvalue weighted by atomic mass is 127. The molecular weight excluding hydrogens is 411 g/mol. The van der Waals surface area contributed by atoms with Crippen LogP contribution in [0, 0.1) is 0 Å². The molecule has 0 aliphatic carbocycles. The van der Waals surface area contributed by atoms with E-state index in [1.165, 1.54) is 5.56 Å². The Labute approximate surface area is 151 Å². The van der Waals surface area contributed by atoms with Crippen molar-refractivity contribution >= 4 is 29.9 Å². The number of aromatic nitrogens is 1. The first-order valence-electron chi connectivity index (χ1n) is 7.07. The molecule has 0 amide bonds. The number of rotatable bonds is 5. The summed E-state index contributed by atoms with van der Waals surface area (Å²) < 4.78 is 15.5. The molecule has 1 aliphatic heterocycles. The van der Waals surface area contributed by atoms with Gasteiger partial charge in [-0.25, -0.2) is 0 Å². The summed E-state index contributed by atoms with van der Waals surface area (Å²) in [5, 5.41) is 10.3. The van der Waals surface area contributed by atoms with Crippen molar-refractivity contribution in [1.29, 1.82) is 0 Å². The van der Waals surface area contributed by atoms with Crippen molar-refractivity contribution < 1.29 is 14.0 Å². The van der Waals surface area contributed by atoms with Crippen LogP contribution in [0.1, 0.15) is 11.3 Å². The summed E-state index contributed by atoms with van der Waals surface area (Å²) in [7, 11) is 1.73. The predicted molar refractivity (Wildman–Crippen MR) is 96.4 cm³/mol. The molecule has 0 saturated carbocycles.